The number of rotatable bonds is 1. The van der Waals surface area contributed by atoms with Crippen molar-refractivity contribution in [3.63, 3.8) is 0 Å². The molecule has 1 unspecified atom stereocenters. The second-order valence-electron chi connectivity index (χ2n) is 7.08. The predicted molar refractivity (Wildman–Crippen MR) is 108 cm³/mol. The second kappa shape index (κ2) is 11.0. The molecule has 5 N–H and O–H groups in total. The van der Waals surface area contributed by atoms with Crippen LogP contribution in [0, 0.1) is 0 Å². The molecule has 1 aliphatic rings. The first-order valence-corrected chi connectivity index (χ1v) is 9.02. The number of ether oxygens (including phenoxy) is 2. The number of nitrogens with one attached hydrogen (secondary N) is 1. The number of allylic oxidation sites excluding steroid dienone is 1. The number of esters is 1. The number of nitrogens with two attached hydrogens (primary N) is 2. The van der Waals surface area contributed by atoms with E-state index in [1.54, 1.807) is 26.8 Å². The summed E-state index contributed by atoms with van der Waals surface area (Å²) in [7, 11) is 0. The van der Waals surface area contributed by atoms with E-state index < -0.39 is 48.6 Å². The molecule has 0 aromatic rings. The molecule has 0 fully saturated rings. The van der Waals surface area contributed by atoms with Crippen molar-refractivity contribution in [2.24, 2.45) is 21.5 Å². The van der Waals surface area contributed by atoms with E-state index in [1.165, 1.54) is 0 Å². The number of hydrogen-bond donors (Lipinski definition) is 3. The van der Waals surface area contributed by atoms with Crippen molar-refractivity contribution in [2.45, 2.75) is 58.2 Å². The van der Waals surface area contributed by atoms with Crippen LogP contribution in [0.25, 0.3) is 0 Å². The van der Waals surface area contributed by atoms with Crippen LogP contribution in [0.5, 0.6) is 0 Å². The Hall–Kier alpha value is -3.11. The summed E-state index contributed by atoms with van der Waals surface area (Å²) in [4.78, 5) is 45.0. The molecule has 0 aromatic carbocycles. The van der Waals surface area contributed by atoms with Crippen molar-refractivity contribution in [3.05, 3.63) is 12.2 Å². The van der Waals surface area contributed by atoms with Crippen molar-refractivity contribution in [1.29, 1.82) is 0 Å². The van der Waals surface area contributed by atoms with Gasteiger partial charge in [0.25, 0.3) is 0 Å². The Morgan fingerprint density at radius 3 is 2.66 bits per heavy atom. The Morgan fingerprint density at radius 2 is 2.03 bits per heavy atom. The zero-order valence-corrected chi connectivity index (χ0v) is 16.8. The SMILES string of the molecule is [2H]C([2H])([2H])N1C(=NC(=O)OC(C)(C)C)NC(=O)CCCC=CCCOC(=O)C1N=C(N)N. The molecule has 0 aliphatic carbocycles. The minimum Gasteiger partial charge on any atom is -0.462 e. The first kappa shape index (κ1) is 19.2. The van der Waals surface area contributed by atoms with Gasteiger partial charge < -0.3 is 25.8 Å². The highest BCUT2D eigenvalue weighted by Gasteiger charge is 2.29. The monoisotopic (exact) mass is 413 g/mol. The molecule has 0 aromatic heterocycles. The number of likely N-dealkylation sites (N-methyl/N-ethyl adjacent to an activating group) is 1. The topological polar surface area (TPSA) is 162 Å². The molecule has 1 heterocycles. The largest absolute Gasteiger partial charge is 0.462 e. The highest BCUT2D eigenvalue weighted by atomic mass is 16.6. The number of amides is 2. The van der Waals surface area contributed by atoms with Crippen LogP contribution in [-0.4, -0.2) is 60.1 Å². The van der Waals surface area contributed by atoms with Crippen LogP contribution < -0.4 is 16.8 Å². The third-order valence-electron chi connectivity index (χ3n) is 3.27. The number of guanidine groups is 2. The Bertz CT molecular complexity index is 785. The highest BCUT2D eigenvalue weighted by Crippen LogP contribution is 2.10. The van der Waals surface area contributed by atoms with Gasteiger partial charge in [-0.1, -0.05) is 12.2 Å². The number of carbonyl (C=O) groups excluding carboxylic acids is 3. The van der Waals surface area contributed by atoms with E-state index in [-0.39, 0.29) is 13.0 Å². The maximum atomic E-state index is 12.7. The maximum Gasteiger partial charge on any atom is 0.437 e. The summed E-state index contributed by atoms with van der Waals surface area (Å²) >= 11 is 0. The van der Waals surface area contributed by atoms with Gasteiger partial charge in [-0.25, -0.2) is 14.6 Å². The van der Waals surface area contributed by atoms with E-state index in [2.05, 4.69) is 15.3 Å². The van der Waals surface area contributed by atoms with Gasteiger partial charge in [0.15, 0.2) is 5.96 Å². The van der Waals surface area contributed by atoms with E-state index in [0.717, 1.165) is 0 Å². The predicted octanol–water partition coefficient (Wildman–Crippen LogP) is 0.598. The second-order valence-corrected chi connectivity index (χ2v) is 7.08. The summed E-state index contributed by atoms with van der Waals surface area (Å²) in [6.07, 6.45) is 1.83. The lowest BCUT2D eigenvalue weighted by Gasteiger charge is -2.27. The van der Waals surface area contributed by atoms with Crippen molar-refractivity contribution >= 4 is 29.9 Å². The molecule has 162 valence electrons. The molecule has 11 heteroatoms. The molecule has 0 spiro atoms. The van der Waals surface area contributed by atoms with Gasteiger partial charge in [-0.2, -0.15) is 0 Å². The summed E-state index contributed by atoms with van der Waals surface area (Å²) in [6, 6.07) is 0. The van der Waals surface area contributed by atoms with E-state index in [1.807, 2.05) is 6.08 Å². The van der Waals surface area contributed by atoms with Crippen LogP contribution in [0.1, 0.15) is 50.6 Å². The van der Waals surface area contributed by atoms with E-state index in [0.29, 0.717) is 24.2 Å². The van der Waals surface area contributed by atoms with Gasteiger partial charge in [-0.05, 0) is 40.0 Å². The van der Waals surface area contributed by atoms with Gasteiger partial charge in [-0.3, -0.25) is 10.1 Å². The van der Waals surface area contributed by atoms with Crippen molar-refractivity contribution < 1.29 is 28.0 Å². The Labute approximate surface area is 174 Å². The van der Waals surface area contributed by atoms with Crippen LogP contribution in [-0.2, 0) is 19.1 Å². The number of carbonyl (C=O) groups is 3. The molecule has 1 aliphatic heterocycles. The number of hydrogen-bond acceptors (Lipinski definition) is 6. The van der Waals surface area contributed by atoms with Crippen LogP contribution in [0.15, 0.2) is 22.1 Å². The van der Waals surface area contributed by atoms with Gasteiger partial charge >= 0.3 is 12.1 Å². The van der Waals surface area contributed by atoms with Gasteiger partial charge in [0.05, 0.1) is 6.61 Å². The normalized spacial score (nSPS) is 23.0. The van der Waals surface area contributed by atoms with Gasteiger partial charge in [0.1, 0.15) is 5.60 Å². The molecule has 1 atom stereocenters. The minimum atomic E-state index is -3.12. The van der Waals surface area contributed by atoms with Crippen LogP contribution in [0.2, 0.25) is 0 Å². The molecule has 0 saturated carbocycles. The first-order valence-electron chi connectivity index (χ1n) is 10.5. The average Bonchev–Trinajstić information content (AvgIpc) is 2.59. The fourth-order valence-electron chi connectivity index (χ4n) is 2.09. The highest BCUT2D eigenvalue weighted by molar-refractivity contribution is 6.02. The Kier molecular flexibility index (Phi) is 7.31. The Morgan fingerprint density at radius 1 is 1.34 bits per heavy atom. The molecule has 29 heavy (non-hydrogen) atoms. The summed E-state index contributed by atoms with van der Waals surface area (Å²) in [6.45, 7) is 1.54. The maximum absolute atomic E-state index is 12.7. The van der Waals surface area contributed by atoms with Gasteiger partial charge in [-0.15, -0.1) is 4.99 Å². The fourth-order valence-corrected chi connectivity index (χ4v) is 2.09. The number of cyclic esters (lactones) is 1. The molecule has 11 nitrogen and oxygen atoms in total. The van der Waals surface area contributed by atoms with Crippen molar-refractivity contribution in [2.75, 3.05) is 13.6 Å². The average molecular weight is 413 g/mol. The third-order valence-corrected chi connectivity index (χ3v) is 3.27. The number of aliphatic imine (C=N–C) groups is 2. The van der Waals surface area contributed by atoms with E-state index in [9.17, 15) is 14.4 Å². The smallest absolute Gasteiger partial charge is 0.437 e. The molecular weight excluding hydrogens is 380 g/mol. The van der Waals surface area contributed by atoms with Crippen LogP contribution in [0.4, 0.5) is 4.79 Å². The summed E-state index contributed by atoms with van der Waals surface area (Å²) < 4.78 is 33.9. The Balaban J connectivity index is 3.58. The molecule has 0 radical (unpaired) electrons. The molecule has 2 amide bonds. The first-order chi connectivity index (χ1) is 14.7. The van der Waals surface area contributed by atoms with Gasteiger partial charge in [0.2, 0.25) is 18.0 Å². The van der Waals surface area contributed by atoms with E-state index in [4.69, 9.17) is 25.1 Å². The zero-order chi connectivity index (χ0) is 24.5. The standard InChI is InChI=1S/C18H30N6O5/c1-18(2,3)29-17(27)23-16-21-12(25)10-8-6-5-7-9-11-28-14(26)13(24(16)4)22-15(19)20/h5,7,13H,6,8-11H2,1-4H3,(H4,19,20,22)(H,21,23,25,27)/i4D3. The summed E-state index contributed by atoms with van der Waals surface area (Å²) in [5, 5.41) is 2.26. The fraction of sp³-hybridized carbons (Fsp3) is 0.611. The molecular formula is C18H30N6O5. The molecule has 1 rings (SSSR count). The summed E-state index contributed by atoms with van der Waals surface area (Å²) in [5.41, 5.74) is 9.82. The lowest BCUT2D eigenvalue weighted by Crippen LogP contribution is -2.51. The number of nitrogens with zero attached hydrogens (tertiary/aromatic N) is 3. The van der Waals surface area contributed by atoms with Crippen molar-refractivity contribution in [1.82, 2.24) is 10.2 Å². The zero-order valence-electron chi connectivity index (χ0n) is 19.8. The van der Waals surface area contributed by atoms with E-state index >= 15 is 0 Å². The quantitative estimate of drug-likeness (QED) is 0.244. The van der Waals surface area contributed by atoms with Gasteiger partial charge in [0, 0.05) is 17.5 Å². The minimum absolute atomic E-state index is 0.00390. The van der Waals surface area contributed by atoms with Crippen molar-refractivity contribution in [3.8, 4) is 0 Å². The lowest BCUT2D eigenvalue weighted by molar-refractivity contribution is -0.148. The van der Waals surface area contributed by atoms with Crippen LogP contribution >= 0.6 is 0 Å². The third kappa shape index (κ3) is 9.58. The lowest BCUT2D eigenvalue weighted by atomic mass is 10.2. The van der Waals surface area contributed by atoms with Crippen LogP contribution in [0.3, 0.4) is 0 Å². The molecule has 0 saturated heterocycles. The summed E-state index contributed by atoms with van der Waals surface area (Å²) in [5.74, 6) is -3.15. The molecule has 0 bridgehead atoms.